The van der Waals surface area contributed by atoms with E-state index in [0.717, 1.165) is 33.8 Å². The van der Waals surface area contributed by atoms with Gasteiger partial charge in [0.15, 0.2) is 0 Å². The molecule has 0 bridgehead atoms. The van der Waals surface area contributed by atoms with Crippen LogP contribution < -0.4 is 4.90 Å². The second-order valence-corrected chi connectivity index (χ2v) is 9.03. The van der Waals surface area contributed by atoms with Crippen molar-refractivity contribution < 1.29 is 4.79 Å². The second-order valence-electron chi connectivity index (χ2n) is 7.15. The number of hydrogen-bond acceptors (Lipinski definition) is 4. The third-order valence-electron chi connectivity index (χ3n) is 5.28. The molecule has 1 aromatic carbocycles. The molecule has 0 radical (unpaired) electrons. The van der Waals surface area contributed by atoms with Crippen LogP contribution in [0.4, 0.5) is 5.13 Å². The summed E-state index contributed by atoms with van der Waals surface area (Å²) in [5.74, 6) is 1.14. The van der Waals surface area contributed by atoms with Gasteiger partial charge in [-0.25, -0.2) is 0 Å². The number of unbranched alkanes of at least 4 members (excludes halogenated alkanes) is 1. The molecule has 140 valence electrons. The molecule has 1 saturated carbocycles. The first kappa shape index (κ1) is 19.5. The Hall–Kier alpha value is -1.27. The van der Waals surface area contributed by atoms with E-state index in [1.165, 1.54) is 43.4 Å². The van der Waals surface area contributed by atoms with Gasteiger partial charge in [0.05, 0.1) is 0 Å². The van der Waals surface area contributed by atoms with Gasteiger partial charge in [-0.05, 0) is 43.7 Å². The van der Waals surface area contributed by atoms with Crippen LogP contribution in [0.5, 0.6) is 0 Å². The first-order chi connectivity index (χ1) is 12.6. The van der Waals surface area contributed by atoms with Gasteiger partial charge in [0.2, 0.25) is 11.0 Å². The van der Waals surface area contributed by atoms with Crippen molar-refractivity contribution in [1.29, 1.82) is 0 Å². The molecule has 1 amide bonds. The van der Waals surface area contributed by atoms with Crippen molar-refractivity contribution in [1.82, 2.24) is 10.2 Å². The van der Waals surface area contributed by atoms with Crippen molar-refractivity contribution in [2.24, 2.45) is 11.8 Å². The van der Waals surface area contributed by atoms with Crippen LogP contribution in [0.15, 0.2) is 28.7 Å². The minimum atomic E-state index is 0.137. The number of carbonyl (C=O) groups is 1. The van der Waals surface area contributed by atoms with E-state index in [2.05, 4.69) is 33.1 Å². The number of aromatic nitrogens is 2. The van der Waals surface area contributed by atoms with Gasteiger partial charge in [-0.2, -0.15) is 0 Å². The fourth-order valence-corrected chi connectivity index (χ4v) is 4.70. The average molecular weight is 436 g/mol. The van der Waals surface area contributed by atoms with Crippen LogP contribution in [-0.2, 0) is 4.79 Å². The Balaban J connectivity index is 1.60. The zero-order chi connectivity index (χ0) is 18.5. The Kier molecular flexibility index (Phi) is 6.81. The molecule has 1 aliphatic rings. The summed E-state index contributed by atoms with van der Waals surface area (Å²) in [4.78, 5) is 14.6. The topological polar surface area (TPSA) is 46.1 Å². The lowest BCUT2D eigenvalue weighted by atomic mass is 9.79. The highest BCUT2D eigenvalue weighted by Gasteiger charge is 2.29. The van der Waals surface area contributed by atoms with E-state index in [-0.39, 0.29) is 11.8 Å². The molecule has 4 nitrogen and oxygen atoms in total. The summed E-state index contributed by atoms with van der Waals surface area (Å²) < 4.78 is 1.04. The smallest absolute Gasteiger partial charge is 0.231 e. The molecular formula is C20H26BrN3OS. The Bertz CT molecular complexity index is 723. The molecule has 0 unspecified atom stereocenters. The van der Waals surface area contributed by atoms with E-state index in [1.54, 1.807) is 4.90 Å². The van der Waals surface area contributed by atoms with Crippen molar-refractivity contribution in [2.75, 3.05) is 11.9 Å². The van der Waals surface area contributed by atoms with Crippen LogP contribution in [0.25, 0.3) is 10.6 Å². The highest BCUT2D eigenvalue weighted by atomic mass is 79.9. The Morgan fingerprint density at radius 1 is 1.19 bits per heavy atom. The molecule has 1 aliphatic carbocycles. The number of halogens is 1. The molecule has 0 N–H and O–H groups in total. The van der Waals surface area contributed by atoms with Gasteiger partial charge >= 0.3 is 0 Å². The quantitative estimate of drug-likeness (QED) is 0.564. The normalized spacial score (nSPS) is 20.1. The van der Waals surface area contributed by atoms with Crippen LogP contribution in [0.3, 0.4) is 0 Å². The van der Waals surface area contributed by atoms with Crippen LogP contribution in [-0.4, -0.2) is 23.2 Å². The van der Waals surface area contributed by atoms with Crippen molar-refractivity contribution in [2.45, 2.75) is 51.9 Å². The molecule has 0 saturated heterocycles. The minimum Gasteiger partial charge on any atom is -0.290 e. The van der Waals surface area contributed by atoms with E-state index in [9.17, 15) is 4.79 Å². The van der Waals surface area contributed by atoms with Gasteiger partial charge in [-0.3, -0.25) is 9.69 Å². The zero-order valence-electron chi connectivity index (χ0n) is 15.4. The predicted molar refractivity (Wildman–Crippen MR) is 111 cm³/mol. The summed E-state index contributed by atoms with van der Waals surface area (Å²) in [5.41, 5.74) is 1.02. The van der Waals surface area contributed by atoms with E-state index < -0.39 is 0 Å². The SMILES string of the molecule is CCCCC1CCC(C(=O)N(C)c2nnc(-c3ccc(Br)cc3)s2)CC1. The van der Waals surface area contributed by atoms with Crippen molar-refractivity contribution >= 4 is 38.3 Å². The Labute approximate surface area is 168 Å². The summed E-state index contributed by atoms with van der Waals surface area (Å²) in [7, 11) is 1.83. The van der Waals surface area contributed by atoms with Crippen LogP contribution in [0.2, 0.25) is 0 Å². The molecule has 0 spiro atoms. The number of nitrogens with zero attached hydrogens (tertiary/aromatic N) is 3. The Morgan fingerprint density at radius 3 is 2.54 bits per heavy atom. The van der Waals surface area contributed by atoms with E-state index >= 15 is 0 Å². The summed E-state index contributed by atoms with van der Waals surface area (Å²) >= 11 is 4.91. The fourth-order valence-electron chi connectivity index (χ4n) is 3.62. The monoisotopic (exact) mass is 435 g/mol. The lowest BCUT2D eigenvalue weighted by molar-refractivity contribution is -0.123. The molecule has 2 aromatic rings. The van der Waals surface area contributed by atoms with E-state index in [1.807, 2.05) is 31.3 Å². The summed E-state index contributed by atoms with van der Waals surface area (Å²) in [6.45, 7) is 2.24. The number of rotatable bonds is 6. The number of anilines is 1. The first-order valence-electron chi connectivity index (χ1n) is 9.45. The summed E-state index contributed by atoms with van der Waals surface area (Å²) in [5, 5.41) is 10.0. The number of benzene rings is 1. The number of hydrogen-bond donors (Lipinski definition) is 0. The van der Waals surface area contributed by atoms with Gasteiger partial charge < -0.3 is 0 Å². The average Bonchev–Trinajstić information content (AvgIpc) is 3.16. The van der Waals surface area contributed by atoms with Crippen LogP contribution in [0.1, 0.15) is 51.9 Å². The standard InChI is InChI=1S/C20H26BrN3OS/c1-3-4-5-14-6-8-16(9-7-14)19(25)24(2)20-23-22-18(26-20)15-10-12-17(21)13-11-15/h10-14,16H,3-9H2,1-2H3. The second kappa shape index (κ2) is 9.09. The molecule has 26 heavy (non-hydrogen) atoms. The summed E-state index contributed by atoms with van der Waals surface area (Å²) in [6, 6.07) is 7.99. The third kappa shape index (κ3) is 4.71. The van der Waals surface area contributed by atoms with Crippen LogP contribution in [0, 0.1) is 11.8 Å². The predicted octanol–water partition coefficient (Wildman–Crippen LogP) is 5.93. The lowest BCUT2D eigenvalue weighted by Crippen LogP contribution is -2.35. The number of carbonyl (C=O) groups excluding carboxylic acids is 1. The highest BCUT2D eigenvalue weighted by molar-refractivity contribution is 9.10. The number of amides is 1. The minimum absolute atomic E-state index is 0.137. The fraction of sp³-hybridized carbons (Fsp3) is 0.550. The van der Waals surface area contributed by atoms with E-state index in [4.69, 9.17) is 0 Å². The Morgan fingerprint density at radius 2 is 1.88 bits per heavy atom. The molecule has 1 fully saturated rings. The van der Waals surface area contributed by atoms with Gasteiger partial charge in [-0.15, -0.1) is 10.2 Å². The molecular weight excluding hydrogens is 410 g/mol. The van der Waals surface area contributed by atoms with Gasteiger partial charge in [0.25, 0.3) is 0 Å². The molecule has 0 aliphatic heterocycles. The first-order valence-corrected chi connectivity index (χ1v) is 11.1. The van der Waals surface area contributed by atoms with Crippen molar-refractivity contribution in [3.05, 3.63) is 28.7 Å². The van der Waals surface area contributed by atoms with Gasteiger partial charge in [0, 0.05) is 23.0 Å². The maximum atomic E-state index is 12.9. The third-order valence-corrected chi connectivity index (χ3v) is 6.86. The highest BCUT2D eigenvalue weighted by Crippen LogP contribution is 2.35. The molecule has 1 heterocycles. The molecule has 3 rings (SSSR count). The van der Waals surface area contributed by atoms with Crippen molar-refractivity contribution in [3.63, 3.8) is 0 Å². The van der Waals surface area contributed by atoms with Gasteiger partial charge in [-0.1, -0.05) is 65.6 Å². The van der Waals surface area contributed by atoms with Crippen LogP contribution >= 0.6 is 27.3 Å². The maximum Gasteiger partial charge on any atom is 0.231 e. The largest absolute Gasteiger partial charge is 0.290 e. The molecule has 6 heteroatoms. The lowest BCUT2D eigenvalue weighted by Gasteiger charge is -2.29. The molecule has 0 atom stereocenters. The van der Waals surface area contributed by atoms with E-state index in [0.29, 0.717) is 5.13 Å². The maximum absolute atomic E-state index is 12.9. The van der Waals surface area contributed by atoms with Crippen molar-refractivity contribution in [3.8, 4) is 10.6 Å². The zero-order valence-corrected chi connectivity index (χ0v) is 17.9. The summed E-state index contributed by atoms with van der Waals surface area (Å²) in [6.07, 6.45) is 8.28. The van der Waals surface area contributed by atoms with Gasteiger partial charge in [0.1, 0.15) is 5.01 Å². The molecule has 1 aromatic heterocycles.